The van der Waals surface area contributed by atoms with E-state index < -0.39 is 0 Å². The number of nitrogens with two attached hydrogens (primary N) is 1. The molecule has 0 saturated heterocycles. The smallest absolute Gasteiger partial charge is 0.0421 e. The normalized spacial score (nSPS) is 15.1. The maximum absolute atomic E-state index is 6.42. The fraction of sp³-hybridized carbons (Fsp3) is 0.714. The average Bonchev–Trinajstić information content (AvgIpc) is 2.58. The highest BCUT2D eigenvalue weighted by Crippen LogP contribution is 2.33. The van der Waals surface area contributed by atoms with Crippen molar-refractivity contribution in [2.75, 3.05) is 0 Å². The Morgan fingerprint density at radius 2 is 2.00 bits per heavy atom. The van der Waals surface area contributed by atoms with E-state index in [1.165, 1.54) is 41.0 Å². The van der Waals surface area contributed by atoms with E-state index >= 15 is 0 Å². The summed E-state index contributed by atoms with van der Waals surface area (Å²) in [6.45, 7) is 8.86. The van der Waals surface area contributed by atoms with E-state index in [0.29, 0.717) is 5.92 Å². The van der Waals surface area contributed by atoms with Gasteiger partial charge in [-0.05, 0) is 37.8 Å². The monoisotopic (exact) mass is 239 g/mol. The SMILES string of the molecule is CCCCC(CC)C(N)c1sc(C)cc1C. The Hall–Kier alpha value is -0.340. The number of thiophene rings is 1. The van der Waals surface area contributed by atoms with Gasteiger partial charge in [-0.25, -0.2) is 0 Å². The Morgan fingerprint density at radius 1 is 1.31 bits per heavy atom. The summed E-state index contributed by atoms with van der Waals surface area (Å²) in [6, 6.07) is 2.50. The maximum atomic E-state index is 6.42. The van der Waals surface area contributed by atoms with E-state index in [4.69, 9.17) is 5.73 Å². The highest BCUT2D eigenvalue weighted by Gasteiger charge is 2.20. The first kappa shape index (κ1) is 13.7. The van der Waals surface area contributed by atoms with Crippen LogP contribution >= 0.6 is 11.3 Å². The van der Waals surface area contributed by atoms with Crippen LogP contribution in [0.25, 0.3) is 0 Å². The molecule has 1 rings (SSSR count). The number of aryl methyl sites for hydroxylation is 2. The molecule has 0 aliphatic heterocycles. The highest BCUT2D eigenvalue weighted by molar-refractivity contribution is 7.12. The molecule has 0 aromatic carbocycles. The van der Waals surface area contributed by atoms with Gasteiger partial charge in [-0.2, -0.15) is 0 Å². The second-order valence-electron chi connectivity index (χ2n) is 4.74. The lowest BCUT2D eigenvalue weighted by molar-refractivity contribution is 0.381. The van der Waals surface area contributed by atoms with Gasteiger partial charge in [0.2, 0.25) is 0 Å². The standard InChI is InChI=1S/C14H25NS/c1-5-7-8-12(6-2)13(15)14-10(3)9-11(4)16-14/h9,12-13H,5-8,15H2,1-4H3. The van der Waals surface area contributed by atoms with Crippen molar-refractivity contribution in [1.82, 2.24) is 0 Å². The molecule has 2 N–H and O–H groups in total. The van der Waals surface area contributed by atoms with E-state index in [-0.39, 0.29) is 6.04 Å². The molecule has 92 valence electrons. The quantitative estimate of drug-likeness (QED) is 0.772. The van der Waals surface area contributed by atoms with E-state index in [2.05, 4.69) is 33.8 Å². The minimum absolute atomic E-state index is 0.246. The summed E-state index contributed by atoms with van der Waals surface area (Å²) >= 11 is 1.87. The summed E-state index contributed by atoms with van der Waals surface area (Å²) < 4.78 is 0. The van der Waals surface area contributed by atoms with Crippen LogP contribution < -0.4 is 5.73 Å². The first-order valence-corrected chi connectivity index (χ1v) is 7.24. The van der Waals surface area contributed by atoms with Gasteiger partial charge in [-0.15, -0.1) is 11.3 Å². The van der Waals surface area contributed by atoms with E-state index in [1.807, 2.05) is 11.3 Å². The molecule has 2 unspecified atom stereocenters. The molecule has 1 aromatic rings. The predicted molar refractivity (Wildman–Crippen MR) is 74.0 cm³/mol. The van der Waals surface area contributed by atoms with Gasteiger partial charge in [-0.3, -0.25) is 0 Å². The molecule has 0 radical (unpaired) electrons. The van der Waals surface area contributed by atoms with Crippen molar-refractivity contribution in [3.63, 3.8) is 0 Å². The molecule has 1 nitrogen and oxygen atoms in total. The Balaban J connectivity index is 2.74. The van der Waals surface area contributed by atoms with Crippen LogP contribution in [0.2, 0.25) is 0 Å². The van der Waals surface area contributed by atoms with Gasteiger partial charge in [0.1, 0.15) is 0 Å². The van der Waals surface area contributed by atoms with Gasteiger partial charge in [0.05, 0.1) is 0 Å². The Morgan fingerprint density at radius 3 is 2.44 bits per heavy atom. The van der Waals surface area contributed by atoms with Crippen molar-refractivity contribution in [3.8, 4) is 0 Å². The zero-order valence-corrected chi connectivity index (χ0v) is 11.9. The molecule has 0 amide bonds. The van der Waals surface area contributed by atoms with Crippen molar-refractivity contribution in [2.45, 2.75) is 59.4 Å². The van der Waals surface area contributed by atoms with E-state index in [1.54, 1.807) is 0 Å². The zero-order valence-electron chi connectivity index (χ0n) is 11.0. The number of hydrogen-bond donors (Lipinski definition) is 1. The van der Waals surface area contributed by atoms with Crippen LogP contribution in [-0.4, -0.2) is 0 Å². The molecule has 2 atom stereocenters. The Kier molecular flexibility index (Phi) is 5.50. The molecule has 0 aliphatic rings. The second-order valence-corrected chi connectivity index (χ2v) is 6.03. The maximum Gasteiger partial charge on any atom is 0.0421 e. The van der Waals surface area contributed by atoms with Crippen LogP contribution in [0.1, 0.15) is 60.9 Å². The first-order valence-electron chi connectivity index (χ1n) is 6.42. The fourth-order valence-corrected chi connectivity index (χ4v) is 3.44. The second kappa shape index (κ2) is 6.41. The van der Waals surface area contributed by atoms with Crippen molar-refractivity contribution >= 4 is 11.3 Å². The summed E-state index contributed by atoms with van der Waals surface area (Å²) in [6.07, 6.45) is 5.03. The Labute approximate surface area is 104 Å². The number of hydrogen-bond acceptors (Lipinski definition) is 2. The molecular formula is C14H25NS. The van der Waals surface area contributed by atoms with Gasteiger partial charge in [0.15, 0.2) is 0 Å². The molecule has 0 aliphatic carbocycles. The highest BCUT2D eigenvalue weighted by atomic mass is 32.1. The van der Waals surface area contributed by atoms with Crippen LogP contribution in [0.15, 0.2) is 6.07 Å². The third-order valence-electron chi connectivity index (χ3n) is 3.34. The van der Waals surface area contributed by atoms with Gasteiger partial charge in [0.25, 0.3) is 0 Å². The largest absolute Gasteiger partial charge is 0.323 e. The minimum atomic E-state index is 0.246. The van der Waals surface area contributed by atoms with Crippen LogP contribution in [0.3, 0.4) is 0 Å². The lowest BCUT2D eigenvalue weighted by Gasteiger charge is -2.22. The molecule has 0 spiro atoms. The topological polar surface area (TPSA) is 26.0 Å². The van der Waals surface area contributed by atoms with Crippen molar-refractivity contribution < 1.29 is 0 Å². The molecule has 1 aromatic heterocycles. The molecule has 2 heteroatoms. The van der Waals surface area contributed by atoms with Crippen LogP contribution in [0.5, 0.6) is 0 Å². The minimum Gasteiger partial charge on any atom is -0.323 e. The molecular weight excluding hydrogens is 214 g/mol. The molecule has 16 heavy (non-hydrogen) atoms. The van der Waals surface area contributed by atoms with Crippen LogP contribution in [0, 0.1) is 19.8 Å². The molecule has 1 heterocycles. The summed E-state index contributed by atoms with van der Waals surface area (Å²) in [5.74, 6) is 0.650. The summed E-state index contributed by atoms with van der Waals surface area (Å²) in [5.41, 5.74) is 7.79. The van der Waals surface area contributed by atoms with Crippen molar-refractivity contribution in [2.24, 2.45) is 11.7 Å². The fourth-order valence-electron chi connectivity index (χ4n) is 2.31. The van der Waals surface area contributed by atoms with Gasteiger partial charge in [0, 0.05) is 15.8 Å². The lowest BCUT2D eigenvalue weighted by Crippen LogP contribution is -2.20. The molecule has 0 saturated carbocycles. The zero-order chi connectivity index (χ0) is 12.1. The van der Waals surface area contributed by atoms with Crippen molar-refractivity contribution in [1.29, 1.82) is 0 Å². The third kappa shape index (κ3) is 3.33. The summed E-state index contributed by atoms with van der Waals surface area (Å²) in [5, 5.41) is 0. The van der Waals surface area contributed by atoms with Crippen molar-refractivity contribution in [3.05, 3.63) is 21.4 Å². The van der Waals surface area contributed by atoms with Crippen LogP contribution in [0.4, 0.5) is 0 Å². The van der Waals surface area contributed by atoms with Gasteiger partial charge < -0.3 is 5.73 Å². The van der Waals surface area contributed by atoms with Gasteiger partial charge >= 0.3 is 0 Å². The first-order chi connectivity index (χ1) is 7.60. The Bertz CT molecular complexity index is 317. The average molecular weight is 239 g/mol. The molecule has 0 fully saturated rings. The third-order valence-corrected chi connectivity index (χ3v) is 4.60. The van der Waals surface area contributed by atoms with Gasteiger partial charge in [-0.1, -0.05) is 33.1 Å². The van der Waals surface area contributed by atoms with E-state index in [0.717, 1.165) is 0 Å². The number of unbranched alkanes of at least 4 members (excludes halogenated alkanes) is 1. The van der Waals surface area contributed by atoms with E-state index in [9.17, 15) is 0 Å². The summed E-state index contributed by atoms with van der Waals surface area (Å²) in [7, 11) is 0. The molecule has 0 bridgehead atoms. The predicted octanol–water partition coefficient (Wildman–Crippen LogP) is 4.58. The number of rotatable bonds is 6. The van der Waals surface area contributed by atoms with Crippen LogP contribution in [-0.2, 0) is 0 Å². The lowest BCUT2D eigenvalue weighted by atomic mass is 9.90. The summed E-state index contributed by atoms with van der Waals surface area (Å²) in [4.78, 5) is 2.79.